The maximum atomic E-state index is 13.8. The molecule has 4 atom stereocenters. The molecule has 5 rings (SSSR count). The fourth-order valence-corrected chi connectivity index (χ4v) is 7.63. The van der Waals surface area contributed by atoms with Gasteiger partial charge < -0.3 is 15.3 Å². The SMILES string of the molecule is Cc1ncsc1-c1ccc(C2(C)N=C(C3CC(O)CN3C(=O)C(c3cc(I)ns3)C(C)C)NC2=O)cc1. The van der Waals surface area contributed by atoms with Gasteiger partial charge in [-0.3, -0.25) is 9.59 Å². The van der Waals surface area contributed by atoms with E-state index in [0.717, 1.165) is 30.3 Å². The minimum absolute atomic E-state index is 0.0493. The summed E-state index contributed by atoms with van der Waals surface area (Å²) in [5.41, 5.74) is 3.48. The van der Waals surface area contributed by atoms with Gasteiger partial charge >= 0.3 is 0 Å². The lowest BCUT2D eigenvalue weighted by atomic mass is 9.91. The largest absolute Gasteiger partial charge is 0.391 e. The number of aliphatic imine (C=N–C) groups is 1. The number of aryl methyl sites for hydroxylation is 1. The number of likely N-dealkylation sites (tertiary alicyclic amines) is 1. The molecule has 2 N–H and O–H groups in total. The highest BCUT2D eigenvalue weighted by Gasteiger charge is 2.48. The average Bonchev–Trinajstić information content (AvgIpc) is 3.62. The van der Waals surface area contributed by atoms with Gasteiger partial charge in [0, 0.05) is 17.8 Å². The van der Waals surface area contributed by atoms with E-state index in [1.807, 2.05) is 56.6 Å². The van der Waals surface area contributed by atoms with Crippen LogP contribution >= 0.6 is 45.5 Å². The number of carbonyl (C=O) groups excluding carboxylic acids is 2. The summed E-state index contributed by atoms with van der Waals surface area (Å²) in [4.78, 5) is 39.9. The molecule has 3 aromatic rings. The normalized spacial score (nSPS) is 24.5. The van der Waals surface area contributed by atoms with Gasteiger partial charge in [0.1, 0.15) is 9.54 Å². The van der Waals surface area contributed by atoms with Crippen LogP contribution in [0.3, 0.4) is 0 Å². The Bertz CT molecular complexity index is 1370. The Labute approximate surface area is 237 Å². The highest BCUT2D eigenvalue weighted by Crippen LogP contribution is 2.37. The molecule has 0 saturated carbocycles. The fourth-order valence-electron chi connectivity index (χ4n) is 5.08. The standard InChI is InChI=1S/C26H28IN5O3S2/c1-13(2)21(19-10-20(27)31-37-19)24(34)32-11-17(33)9-18(32)23-29-25(35)26(4,30-23)16-7-5-15(6-8-16)22-14(3)28-12-36-22/h5-8,10,12-13,17-18,21,33H,9,11H2,1-4H3,(H,29,30,35). The molecular weight excluding hydrogens is 621 g/mol. The zero-order chi connectivity index (χ0) is 26.5. The summed E-state index contributed by atoms with van der Waals surface area (Å²) < 4.78 is 5.21. The van der Waals surface area contributed by atoms with Crippen molar-refractivity contribution in [2.45, 2.75) is 57.7 Å². The minimum atomic E-state index is -1.12. The first-order valence-corrected chi connectivity index (χ1v) is 14.8. The van der Waals surface area contributed by atoms with Crippen molar-refractivity contribution >= 4 is 63.1 Å². The number of aromatic nitrogens is 2. The predicted octanol–water partition coefficient (Wildman–Crippen LogP) is 4.32. The number of nitrogens with zero attached hydrogens (tertiary/aromatic N) is 4. The van der Waals surface area contributed by atoms with Gasteiger partial charge in [-0.05, 0) is 71.1 Å². The molecule has 4 unspecified atom stereocenters. The number of amides is 2. The van der Waals surface area contributed by atoms with E-state index in [2.05, 4.69) is 37.3 Å². The third kappa shape index (κ3) is 4.86. The second-order valence-corrected chi connectivity index (χ2v) is 12.8. The van der Waals surface area contributed by atoms with Crippen molar-refractivity contribution in [2.75, 3.05) is 6.54 Å². The quantitative estimate of drug-likeness (QED) is 0.387. The highest BCUT2D eigenvalue weighted by molar-refractivity contribution is 14.1. The van der Waals surface area contributed by atoms with Crippen LogP contribution in [0.4, 0.5) is 0 Å². The number of hydrogen-bond donors (Lipinski definition) is 2. The first kappa shape index (κ1) is 26.4. The Morgan fingerprint density at radius 2 is 2.03 bits per heavy atom. The van der Waals surface area contributed by atoms with E-state index in [4.69, 9.17) is 4.99 Å². The number of nitrogens with one attached hydrogen (secondary N) is 1. The zero-order valence-corrected chi connectivity index (χ0v) is 24.7. The van der Waals surface area contributed by atoms with Crippen molar-refractivity contribution < 1.29 is 14.7 Å². The van der Waals surface area contributed by atoms with Crippen molar-refractivity contribution in [3.63, 3.8) is 0 Å². The van der Waals surface area contributed by atoms with Crippen LogP contribution < -0.4 is 5.32 Å². The van der Waals surface area contributed by atoms with Gasteiger partial charge in [-0.25, -0.2) is 9.98 Å². The van der Waals surface area contributed by atoms with Crippen molar-refractivity contribution in [3.05, 3.63) is 55.7 Å². The Morgan fingerprint density at radius 1 is 1.30 bits per heavy atom. The maximum absolute atomic E-state index is 13.8. The molecule has 194 valence electrons. The molecular formula is C26H28IN5O3S2. The first-order valence-electron chi connectivity index (χ1n) is 12.1. The van der Waals surface area contributed by atoms with Gasteiger partial charge in [0.2, 0.25) is 5.91 Å². The predicted molar refractivity (Wildman–Crippen MR) is 154 cm³/mol. The van der Waals surface area contributed by atoms with Gasteiger partial charge in [0.15, 0.2) is 5.54 Å². The van der Waals surface area contributed by atoms with E-state index < -0.39 is 17.7 Å². The average molecular weight is 650 g/mol. The number of rotatable bonds is 6. The number of hydrogen-bond acceptors (Lipinski definition) is 8. The van der Waals surface area contributed by atoms with Crippen LogP contribution in [0.2, 0.25) is 0 Å². The molecule has 1 saturated heterocycles. The number of benzene rings is 1. The molecule has 0 radical (unpaired) electrons. The summed E-state index contributed by atoms with van der Waals surface area (Å²) in [6.07, 6.45) is -0.355. The molecule has 1 aromatic carbocycles. The molecule has 2 aliphatic rings. The summed E-state index contributed by atoms with van der Waals surface area (Å²) >= 11 is 5.07. The summed E-state index contributed by atoms with van der Waals surface area (Å²) in [5.74, 6) is -0.211. The minimum Gasteiger partial charge on any atom is -0.391 e. The lowest BCUT2D eigenvalue weighted by Crippen LogP contribution is -2.48. The van der Waals surface area contributed by atoms with Crippen LogP contribution in [0, 0.1) is 16.5 Å². The van der Waals surface area contributed by atoms with E-state index in [-0.39, 0.29) is 30.2 Å². The van der Waals surface area contributed by atoms with Crippen LogP contribution in [0.1, 0.15) is 49.2 Å². The van der Waals surface area contributed by atoms with Crippen molar-refractivity contribution in [1.82, 2.24) is 19.6 Å². The third-order valence-corrected chi connectivity index (χ3v) is 9.83. The Balaban J connectivity index is 1.43. The third-order valence-electron chi connectivity index (χ3n) is 7.10. The zero-order valence-electron chi connectivity index (χ0n) is 20.9. The Morgan fingerprint density at radius 3 is 2.62 bits per heavy atom. The molecule has 0 bridgehead atoms. The summed E-state index contributed by atoms with van der Waals surface area (Å²) in [5, 5.41) is 13.5. The first-order chi connectivity index (χ1) is 17.6. The van der Waals surface area contributed by atoms with Gasteiger partial charge in [0.25, 0.3) is 5.91 Å². The van der Waals surface area contributed by atoms with Crippen LogP contribution in [0.25, 0.3) is 10.4 Å². The molecule has 2 amide bonds. The number of thiazole rings is 1. The molecule has 4 heterocycles. The number of amidine groups is 1. The fraction of sp³-hybridized carbons (Fsp3) is 0.423. The smallest absolute Gasteiger partial charge is 0.257 e. The van der Waals surface area contributed by atoms with E-state index in [1.54, 1.807) is 23.2 Å². The topological polar surface area (TPSA) is 108 Å². The second kappa shape index (κ2) is 10.2. The van der Waals surface area contributed by atoms with Crippen molar-refractivity contribution in [1.29, 1.82) is 0 Å². The van der Waals surface area contributed by atoms with Gasteiger partial charge in [-0.1, -0.05) is 38.1 Å². The van der Waals surface area contributed by atoms with E-state index in [1.165, 1.54) is 11.5 Å². The number of aliphatic hydroxyl groups excluding tert-OH is 1. The molecule has 2 aliphatic heterocycles. The van der Waals surface area contributed by atoms with E-state index in [0.29, 0.717) is 12.3 Å². The van der Waals surface area contributed by atoms with Gasteiger partial charge in [-0.15, -0.1) is 11.3 Å². The number of β-amino-alcohol motifs (C(OH)–C–C–N with tert-alkyl or cyclic N) is 1. The lowest BCUT2D eigenvalue weighted by Gasteiger charge is -2.29. The Kier molecular flexibility index (Phi) is 7.24. The maximum Gasteiger partial charge on any atom is 0.257 e. The molecule has 0 spiro atoms. The van der Waals surface area contributed by atoms with Gasteiger partial charge in [-0.2, -0.15) is 4.37 Å². The van der Waals surface area contributed by atoms with Crippen LogP contribution in [0.5, 0.6) is 0 Å². The Hall–Kier alpha value is -2.22. The lowest BCUT2D eigenvalue weighted by molar-refractivity contribution is -0.134. The molecule has 37 heavy (non-hydrogen) atoms. The van der Waals surface area contributed by atoms with E-state index >= 15 is 0 Å². The monoisotopic (exact) mass is 649 g/mol. The molecule has 11 heteroatoms. The molecule has 8 nitrogen and oxygen atoms in total. The van der Waals surface area contributed by atoms with Crippen molar-refractivity contribution in [3.8, 4) is 10.4 Å². The van der Waals surface area contributed by atoms with Gasteiger partial charge in [0.05, 0.1) is 34.1 Å². The van der Waals surface area contributed by atoms with Crippen molar-refractivity contribution in [2.24, 2.45) is 10.9 Å². The molecule has 2 aromatic heterocycles. The number of carbonyl (C=O) groups is 2. The second-order valence-electron chi connectivity index (χ2n) is 10.0. The van der Waals surface area contributed by atoms with Crippen LogP contribution in [-0.2, 0) is 15.1 Å². The summed E-state index contributed by atoms with van der Waals surface area (Å²) in [6.45, 7) is 8.00. The van der Waals surface area contributed by atoms with Crippen LogP contribution in [0.15, 0.2) is 40.8 Å². The van der Waals surface area contributed by atoms with Crippen LogP contribution in [-0.4, -0.2) is 55.7 Å². The molecule has 1 fully saturated rings. The summed E-state index contributed by atoms with van der Waals surface area (Å²) in [7, 11) is 0. The highest BCUT2D eigenvalue weighted by atomic mass is 127. The number of aliphatic hydroxyl groups is 1. The van der Waals surface area contributed by atoms with E-state index in [9.17, 15) is 14.7 Å². The number of halogens is 1. The summed E-state index contributed by atoms with van der Waals surface area (Å²) in [6, 6.07) is 9.26. The molecule has 0 aliphatic carbocycles.